The third kappa shape index (κ3) is 4.82. The first-order chi connectivity index (χ1) is 10.0. The van der Waals surface area contributed by atoms with Gasteiger partial charge in [0.05, 0.1) is 5.69 Å². The molecular formula is C17H28N2OS. The molecule has 2 N–H and O–H groups in total. The number of amides is 1. The van der Waals surface area contributed by atoms with Crippen LogP contribution in [0.2, 0.25) is 0 Å². The minimum atomic E-state index is 0.00159. The van der Waals surface area contributed by atoms with Crippen molar-refractivity contribution in [3.05, 3.63) is 16.3 Å². The van der Waals surface area contributed by atoms with Gasteiger partial charge < -0.3 is 10.6 Å². The van der Waals surface area contributed by atoms with Gasteiger partial charge in [-0.05, 0) is 42.0 Å². The summed E-state index contributed by atoms with van der Waals surface area (Å²) in [4.78, 5) is 12.4. The largest absolute Gasteiger partial charge is 0.325 e. The van der Waals surface area contributed by atoms with E-state index in [-0.39, 0.29) is 5.91 Å². The molecule has 0 saturated heterocycles. The minimum Gasteiger partial charge on any atom is -0.325 e. The normalized spacial score (nSPS) is 17.3. The van der Waals surface area contributed by atoms with E-state index in [1.807, 2.05) is 11.4 Å². The molecule has 4 heteroatoms. The molecule has 1 saturated carbocycles. The van der Waals surface area contributed by atoms with E-state index < -0.39 is 0 Å². The fourth-order valence-electron chi connectivity index (χ4n) is 3.66. The molecule has 1 aliphatic rings. The molecule has 0 radical (unpaired) electrons. The Morgan fingerprint density at radius 2 is 2.10 bits per heavy atom. The predicted molar refractivity (Wildman–Crippen MR) is 90.7 cm³/mol. The van der Waals surface area contributed by atoms with Crippen molar-refractivity contribution in [2.45, 2.75) is 59.4 Å². The highest BCUT2D eigenvalue weighted by atomic mass is 32.1. The van der Waals surface area contributed by atoms with E-state index in [4.69, 9.17) is 0 Å². The van der Waals surface area contributed by atoms with E-state index in [2.05, 4.69) is 24.5 Å². The molecule has 0 spiro atoms. The standard InChI is InChI=1S/C17H28N2OS/c1-13(2)10-17(7-4-5-8-17)12-18-11-16-15(6-9-21-16)19-14(3)20/h6,9,13,18H,4-5,7-8,10-12H2,1-3H3,(H,19,20). The van der Waals surface area contributed by atoms with Crippen molar-refractivity contribution < 1.29 is 4.79 Å². The molecule has 1 aromatic rings. The number of hydrogen-bond donors (Lipinski definition) is 2. The molecular weight excluding hydrogens is 280 g/mol. The average Bonchev–Trinajstić information content (AvgIpc) is 2.99. The van der Waals surface area contributed by atoms with Crippen molar-refractivity contribution in [3.8, 4) is 0 Å². The summed E-state index contributed by atoms with van der Waals surface area (Å²) in [6.07, 6.45) is 6.81. The lowest BCUT2D eigenvalue weighted by Gasteiger charge is -2.31. The molecule has 1 fully saturated rings. The Balaban J connectivity index is 1.88. The molecule has 118 valence electrons. The van der Waals surface area contributed by atoms with Gasteiger partial charge in [0, 0.05) is 24.9 Å². The van der Waals surface area contributed by atoms with Crippen LogP contribution in [0.4, 0.5) is 5.69 Å². The lowest BCUT2D eigenvalue weighted by molar-refractivity contribution is -0.114. The van der Waals surface area contributed by atoms with Crippen LogP contribution < -0.4 is 10.6 Å². The highest BCUT2D eigenvalue weighted by Crippen LogP contribution is 2.42. The number of thiophene rings is 1. The Labute approximate surface area is 132 Å². The Kier molecular flexibility index (Phi) is 5.82. The monoisotopic (exact) mass is 308 g/mol. The van der Waals surface area contributed by atoms with Crippen LogP contribution in [0.5, 0.6) is 0 Å². The third-order valence-corrected chi connectivity index (χ3v) is 5.27. The molecule has 2 rings (SSSR count). The molecule has 0 unspecified atom stereocenters. The SMILES string of the molecule is CC(=O)Nc1ccsc1CNCC1(CC(C)C)CCCC1. The second-order valence-electron chi connectivity index (χ2n) is 6.85. The van der Waals surface area contributed by atoms with Crippen LogP contribution in [0, 0.1) is 11.3 Å². The summed E-state index contributed by atoms with van der Waals surface area (Å²) < 4.78 is 0. The van der Waals surface area contributed by atoms with Gasteiger partial charge in [-0.2, -0.15) is 0 Å². The molecule has 0 aromatic carbocycles. The Hall–Kier alpha value is -0.870. The average molecular weight is 308 g/mol. The number of rotatable bonds is 7. The van der Waals surface area contributed by atoms with E-state index >= 15 is 0 Å². The molecule has 0 atom stereocenters. The first-order valence-corrected chi connectivity index (χ1v) is 8.93. The van der Waals surface area contributed by atoms with Gasteiger partial charge in [-0.1, -0.05) is 26.7 Å². The van der Waals surface area contributed by atoms with Crippen molar-refractivity contribution in [2.24, 2.45) is 11.3 Å². The maximum Gasteiger partial charge on any atom is 0.221 e. The van der Waals surface area contributed by atoms with Crippen molar-refractivity contribution in [3.63, 3.8) is 0 Å². The zero-order valence-corrected chi connectivity index (χ0v) is 14.3. The number of nitrogens with one attached hydrogen (secondary N) is 2. The quantitative estimate of drug-likeness (QED) is 0.783. The first-order valence-electron chi connectivity index (χ1n) is 8.05. The van der Waals surface area contributed by atoms with Gasteiger partial charge in [-0.25, -0.2) is 0 Å². The van der Waals surface area contributed by atoms with Gasteiger partial charge in [0.15, 0.2) is 0 Å². The predicted octanol–water partition coefficient (Wildman–Crippen LogP) is 4.40. The highest BCUT2D eigenvalue weighted by molar-refractivity contribution is 7.10. The summed E-state index contributed by atoms with van der Waals surface area (Å²) in [5.41, 5.74) is 1.46. The van der Waals surface area contributed by atoms with Crippen LogP contribution in [0.25, 0.3) is 0 Å². The Morgan fingerprint density at radius 1 is 1.38 bits per heavy atom. The molecule has 21 heavy (non-hydrogen) atoms. The van der Waals surface area contributed by atoms with E-state index in [9.17, 15) is 4.79 Å². The summed E-state index contributed by atoms with van der Waals surface area (Å²) in [6, 6.07) is 1.99. The lowest BCUT2D eigenvalue weighted by atomic mass is 9.78. The van der Waals surface area contributed by atoms with Gasteiger partial charge in [-0.3, -0.25) is 4.79 Å². The summed E-state index contributed by atoms with van der Waals surface area (Å²) in [7, 11) is 0. The Bertz CT molecular complexity index is 461. The zero-order valence-electron chi connectivity index (χ0n) is 13.5. The smallest absolute Gasteiger partial charge is 0.221 e. The van der Waals surface area contributed by atoms with E-state index in [0.717, 1.165) is 24.7 Å². The van der Waals surface area contributed by atoms with Crippen molar-refractivity contribution in [1.82, 2.24) is 5.32 Å². The van der Waals surface area contributed by atoms with Gasteiger partial charge >= 0.3 is 0 Å². The summed E-state index contributed by atoms with van der Waals surface area (Å²) in [5.74, 6) is 0.767. The first kappa shape index (κ1) is 16.5. The second kappa shape index (κ2) is 7.41. The fraction of sp³-hybridized carbons (Fsp3) is 0.706. The van der Waals surface area contributed by atoms with Crippen molar-refractivity contribution >= 4 is 22.9 Å². The molecule has 3 nitrogen and oxygen atoms in total. The highest BCUT2D eigenvalue weighted by Gasteiger charge is 2.33. The molecule has 1 aliphatic carbocycles. The molecule has 0 bridgehead atoms. The number of hydrogen-bond acceptors (Lipinski definition) is 3. The lowest BCUT2D eigenvalue weighted by Crippen LogP contribution is -2.33. The third-order valence-electron chi connectivity index (χ3n) is 4.35. The van der Waals surface area contributed by atoms with Gasteiger partial charge in [0.25, 0.3) is 0 Å². The van der Waals surface area contributed by atoms with Crippen molar-refractivity contribution in [1.29, 1.82) is 0 Å². The Morgan fingerprint density at radius 3 is 2.71 bits per heavy atom. The van der Waals surface area contributed by atoms with Crippen LogP contribution >= 0.6 is 11.3 Å². The van der Waals surface area contributed by atoms with Crippen LogP contribution in [0.3, 0.4) is 0 Å². The summed E-state index contributed by atoms with van der Waals surface area (Å²) in [6.45, 7) is 8.17. The van der Waals surface area contributed by atoms with Crippen LogP contribution in [0.15, 0.2) is 11.4 Å². The molecule has 1 amide bonds. The van der Waals surface area contributed by atoms with Gasteiger partial charge in [-0.15, -0.1) is 11.3 Å². The molecule has 1 aromatic heterocycles. The van der Waals surface area contributed by atoms with Crippen LogP contribution in [0.1, 0.15) is 57.8 Å². The van der Waals surface area contributed by atoms with Crippen molar-refractivity contribution in [2.75, 3.05) is 11.9 Å². The second-order valence-corrected chi connectivity index (χ2v) is 7.85. The van der Waals surface area contributed by atoms with Gasteiger partial charge in [0.1, 0.15) is 0 Å². The fourth-order valence-corrected chi connectivity index (χ4v) is 4.46. The molecule has 1 heterocycles. The van der Waals surface area contributed by atoms with E-state index in [1.54, 1.807) is 18.3 Å². The summed E-state index contributed by atoms with van der Waals surface area (Å²) >= 11 is 1.71. The number of anilines is 1. The molecule has 0 aliphatic heterocycles. The number of carbonyl (C=O) groups excluding carboxylic acids is 1. The maximum atomic E-state index is 11.2. The number of carbonyl (C=O) groups is 1. The van der Waals surface area contributed by atoms with E-state index in [0.29, 0.717) is 5.41 Å². The van der Waals surface area contributed by atoms with E-state index in [1.165, 1.54) is 37.0 Å². The topological polar surface area (TPSA) is 41.1 Å². The minimum absolute atomic E-state index is 0.00159. The van der Waals surface area contributed by atoms with Gasteiger partial charge in [0.2, 0.25) is 5.91 Å². The maximum absolute atomic E-state index is 11.2. The van der Waals surface area contributed by atoms with Crippen LogP contribution in [-0.2, 0) is 11.3 Å². The van der Waals surface area contributed by atoms with Crippen LogP contribution in [-0.4, -0.2) is 12.5 Å². The summed E-state index contributed by atoms with van der Waals surface area (Å²) in [5, 5.41) is 8.60. The zero-order chi connectivity index (χ0) is 15.3.